The molecule has 5 nitrogen and oxygen atoms in total. The van der Waals surface area contributed by atoms with Crippen LogP contribution in [0.3, 0.4) is 0 Å². The summed E-state index contributed by atoms with van der Waals surface area (Å²) < 4.78 is 23.8. The summed E-state index contributed by atoms with van der Waals surface area (Å²) in [5, 5.41) is 2.93. The summed E-state index contributed by atoms with van der Waals surface area (Å²) in [5.74, 6) is 1.47. The molecule has 1 saturated heterocycles. The van der Waals surface area contributed by atoms with Crippen LogP contribution >= 0.6 is 0 Å². The average Bonchev–Trinajstić information content (AvgIpc) is 2.88. The fourth-order valence-corrected chi connectivity index (χ4v) is 4.50. The van der Waals surface area contributed by atoms with Crippen LogP contribution in [0.2, 0.25) is 0 Å². The van der Waals surface area contributed by atoms with Gasteiger partial charge in [0.25, 0.3) is 5.91 Å². The van der Waals surface area contributed by atoms with Crippen molar-refractivity contribution in [3.05, 3.63) is 94.8 Å². The molecule has 0 radical (unpaired) electrons. The molecule has 1 aliphatic heterocycles. The molecule has 0 atom stereocenters. The summed E-state index contributed by atoms with van der Waals surface area (Å²) >= 11 is 0. The number of amides is 1. The van der Waals surface area contributed by atoms with E-state index < -0.39 is 0 Å². The lowest BCUT2D eigenvalue weighted by atomic mass is 9.88. The Hall–Kier alpha value is -3.38. The number of rotatable bonds is 8. The van der Waals surface area contributed by atoms with Gasteiger partial charge in [-0.1, -0.05) is 30.3 Å². The van der Waals surface area contributed by atoms with Crippen molar-refractivity contribution in [3.63, 3.8) is 0 Å². The number of halogens is 1. The van der Waals surface area contributed by atoms with Crippen LogP contribution in [0.5, 0.6) is 11.5 Å². The highest BCUT2D eigenvalue weighted by Crippen LogP contribution is 2.31. The van der Waals surface area contributed by atoms with Crippen molar-refractivity contribution < 1.29 is 18.7 Å². The van der Waals surface area contributed by atoms with Gasteiger partial charge >= 0.3 is 0 Å². The number of ether oxygens (including phenoxy) is 2. The molecule has 0 aliphatic carbocycles. The Bertz CT molecular complexity index is 1110. The quantitative estimate of drug-likeness (QED) is 0.503. The number of hydrogen-bond donors (Lipinski definition) is 1. The van der Waals surface area contributed by atoms with Gasteiger partial charge in [-0.3, -0.25) is 9.69 Å². The summed E-state index contributed by atoms with van der Waals surface area (Å²) in [6, 6.07) is 20.2. The molecule has 1 N–H and O–H groups in total. The van der Waals surface area contributed by atoms with Crippen molar-refractivity contribution in [1.82, 2.24) is 10.2 Å². The van der Waals surface area contributed by atoms with E-state index in [1.165, 1.54) is 35.4 Å². The highest BCUT2D eigenvalue weighted by Gasteiger charge is 2.21. The normalized spacial score (nSPS) is 14.6. The van der Waals surface area contributed by atoms with Crippen LogP contribution in [-0.2, 0) is 13.1 Å². The van der Waals surface area contributed by atoms with Crippen molar-refractivity contribution >= 4 is 5.91 Å². The zero-order valence-electron chi connectivity index (χ0n) is 19.7. The minimum Gasteiger partial charge on any atom is -0.493 e. The van der Waals surface area contributed by atoms with Gasteiger partial charge in [-0.15, -0.1) is 0 Å². The molecule has 4 rings (SSSR count). The molecule has 0 bridgehead atoms. The van der Waals surface area contributed by atoms with Gasteiger partial charge in [0.05, 0.1) is 14.2 Å². The summed E-state index contributed by atoms with van der Waals surface area (Å²) in [5.41, 5.74) is 4.06. The van der Waals surface area contributed by atoms with Crippen LogP contribution in [0, 0.1) is 5.82 Å². The predicted molar refractivity (Wildman–Crippen MR) is 131 cm³/mol. The Kier molecular flexibility index (Phi) is 7.80. The van der Waals surface area contributed by atoms with E-state index in [-0.39, 0.29) is 11.7 Å². The third-order valence-corrected chi connectivity index (χ3v) is 6.42. The fraction of sp³-hybridized carbons (Fsp3) is 0.321. The third kappa shape index (κ3) is 5.94. The average molecular weight is 463 g/mol. The summed E-state index contributed by atoms with van der Waals surface area (Å²) in [6.07, 6.45) is 2.19. The SMILES string of the molecule is COc1ccc(CN2CCC(c3cccc(CNC(=O)c4ccc(F)cc4)c3)CC2)cc1OC. The Morgan fingerprint density at radius 1 is 0.941 bits per heavy atom. The van der Waals surface area contributed by atoms with Gasteiger partial charge < -0.3 is 14.8 Å². The first-order valence-electron chi connectivity index (χ1n) is 11.6. The lowest BCUT2D eigenvalue weighted by Gasteiger charge is -2.32. The molecule has 1 fully saturated rings. The molecule has 0 saturated carbocycles. The summed E-state index contributed by atoms with van der Waals surface area (Å²) in [4.78, 5) is 14.8. The largest absolute Gasteiger partial charge is 0.493 e. The monoisotopic (exact) mass is 462 g/mol. The Labute approximate surface area is 200 Å². The van der Waals surface area contributed by atoms with Crippen LogP contribution in [0.4, 0.5) is 4.39 Å². The van der Waals surface area contributed by atoms with Crippen molar-refractivity contribution in [2.45, 2.75) is 31.8 Å². The van der Waals surface area contributed by atoms with Crippen LogP contribution in [0.15, 0.2) is 66.7 Å². The fourth-order valence-electron chi connectivity index (χ4n) is 4.50. The topological polar surface area (TPSA) is 50.8 Å². The molecule has 1 heterocycles. The Morgan fingerprint density at radius 3 is 2.38 bits per heavy atom. The second-order valence-electron chi connectivity index (χ2n) is 8.67. The molecule has 0 aromatic heterocycles. The first-order valence-corrected chi connectivity index (χ1v) is 11.6. The van der Waals surface area contributed by atoms with E-state index in [9.17, 15) is 9.18 Å². The maximum Gasteiger partial charge on any atom is 0.251 e. The molecule has 3 aromatic rings. The number of hydrogen-bond acceptors (Lipinski definition) is 4. The standard InChI is InChI=1S/C28H31FN2O3/c1-33-26-11-6-21(17-27(26)34-2)19-31-14-12-22(13-15-31)24-5-3-4-20(16-24)18-30-28(32)23-7-9-25(29)10-8-23/h3-11,16-17,22H,12-15,18-19H2,1-2H3,(H,30,32). The van der Waals surface area contributed by atoms with Crippen LogP contribution in [0.25, 0.3) is 0 Å². The highest BCUT2D eigenvalue weighted by molar-refractivity contribution is 5.94. The van der Waals surface area contributed by atoms with E-state index in [2.05, 4.69) is 40.5 Å². The third-order valence-electron chi connectivity index (χ3n) is 6.42. The smallest absolute Gasteiger partial charge is 0.251 e. The minimum atomic E-state index is -0.348. The van der Waals surface area contributed by atoms with Crippen molar-refractivity contribution in [3.8, 4) is 11.5 Å². The molecule has 34 heavy (non-hydrogen) atoms. The first kappa shape index (κ1) is 23.8. The molecule has 1 amide bonds. The van der Waals surface area contributed by atoms with E-state index in [1.807, 2.05) is 12.1 Å². The molecule has 6 heteroatoms. The van der Waals surface area contributed by atoms with Crippen LogP contribution in [-0.4, -0.2) is 38.1 Å². The highest BCUT2D eigenvalue weighted by atomic mass is 19.1. The number of carbonyl (C=O) groups is 1. The second kappa shape index (κ2) is 11.2. The van der Waals surface area contributed by atoms with Crippen LogP contribution < -0.4 is 14.8 Å². The van der Waals surface area contributed by atoms with Gasteiger partial charge in [-0.25, -0.2) is 4.39 Å². The van der Waals surface area contributed by atoms with E-state index in [0.717, 1.165) is 49.5 Å². The number of likely N-dealkylation sites (tertiary alicyclic amines) is 1. The predicted octanol–water partition coefficient (Wildman–Crippen LogP) is 5.15. The lowest BCUT2D eigenvalue weighted by molar-refractivity contribution is 0.0951. The van der Waals surface area contributed by atoms with E-state index in [0.29, 0.717) is 18.0 Å². The second-order valence-corrected chi connectivity index (χ2v) is 8.67. The van der Waals surface area contributed by atoms with Crippen molar-refractivity contribution in [2.24, 2.45) is 0 Å². The van der Waals surface area contributed by atoms with Gasteiger partial charge in [0.15, 0.2) is 11.5 Å². The lowest BCUT2D eigenvalue weighted by Crippen LogP contribution is -2.32. The zero-order valence-corrected chi connectivity index (χ0v) is 19.7. The number of nitrogens with zero attached hydrogens (tertiary/aromatic N) is 1. The van der Waals surface area contributed by atoms with E-state index in [1.54, 1.807) is 14.2 Å². The van der Waals surface area contributed by atoms with Gasteiger partial charge in [-0.05, 0) is 84.9 Å². The van der Waals surface area contributed by atoms with Crippen molar-refractivity contribution in [1.29, 1.82) is 0 Å². The Morgan fingerprint density at radius 2 is 1.68 bits per heavy atom. The maximum absolute atomic E-state index is 13.1. The molecule has 0 unspecified atom stereocenters. The number of carbonyl (C=O) groups excluding carboxylic acids is 1. The van der Waals surface area contributed by atoms with Gasteiger partial charge in [0.2, 0.25) is 0 Å². The Balaban J connectivity index is 1.30. The number of methoxy groups -OCH3 is 2. The van der Waals surface area contributed by atoms with Crippen LogP contribution in [0.1, 0.15) is 45.8 Å². The van der Waals surface area contributed by atoms with E-state index >= 15 is 0 Å². The molecule has 3 aromatic carbocycles. The zero-order chi connectivity index (χ0) is 23.9. The molecule has 1 aliphatic rings. The van der Waals surface area contributed by atoms with Gasteiger partial charge in [0.1, 0.15) is 5.82 Å². The first-order chi connectivity index (χ1) is 16.6. The van der Waals surface area contributed by atoms with Crippen molar-refractivity contribution in [2.75, 3.05) is 27.3 Å². The maximum atomic E-state index is 13.1. The number of piperidine rings is 1. The van der Waals surface area contributed by atoms with Gasteiger partial charge in [-0.2, -0.15) is 0 Å². The molecule has 0 spiro atoms. The molecule has 178 valence electrons. The minimum absolute atomic E-state index is 0.200. The molecular formula is C28H31FN2O3. The molecular weight excluding hydrogens is 431 g/mol. The number of nitrogens with one attached hydrogen (secondary N) is 1. The summed E-state index contributed by atoms with van der Waals surface area (Å²) in [7, 11) is 3.31. The van der Waals surface area contributed by atoms with Gasteiger partial charge in [0, 0.05) is 18.7 Å². The summed E-state index contributed by atoms with van der Waals surface area (Å²) in [6.45, 7) is 3.40. The van der Waals surface area contributed by atoms with E-state index in [4.69, 9.17) is 9.47 Å². The number of benzene rings is 3.